The molecule has 3 heterocycles. The Hall–Kier alpha value is -5.49. The van der Waals surface area contributed by atoms with Crippen LogP contribution in [0.3, 0.4) is 0 Å². The van der Waals surface area contributed by atoms with E-state index < -0.39 is 0 Å². The minimum Gasteiger partial charge on any atom is -0.337 e. The second-order valence-electron chi connectivity index (χ2n) is 13.6. The Morgan fingerprint density at radius 2 is 1.18 bits per heavy atom. The molecule has 0 spiro atoms. The van der Waals surface area contributed by atoms with Gasteiger partial charge < -0.3 is 9.80 Å². The van der Waals surface area contributed by atoms with Gasteiger partial charge in [0.25, 0.3) is 0 Å². The van der Waals surface area contributed by atoms with Gasteiger partial charge in [-0.1, -0.05) is 103 Å². The van der Waals surface area contributed by atoms with Crippen LogP contribution in [-0.2, 0) is 0 Å². The number of aliphatic imine (C=N–C) groups is 1. The van der Waals surface area contributed by atoms with E-state index in [-0.39, 0.29) is 12.1 Å². The van der Waals surface area contributed by atoms with Gasteiger partial charge in [0.1, 0.15) is 0 Å². The minimum absolute atomic E-state index is 0.212. The van der Waals surface area contributed by atoms with Gasteiger partial charge >= 0.3 is 0 Å². The number of benzene rings is 6. The van der Waals surface area contributed by atoms with Crippen LogP contribution in [0, 0.1) is 0 Å². The average Bonchev–Trinajstić information content (AvgIpc) is 3.53. The van der Waals surface area contributed by atoms with Gasteiger partial charge in [0.05, 0.1) is 6.17 Å². The molecule has 3 aliphatic rings. The normalized spacial score (nSPS) is 21.0. The highest BCUT2D eigenvalue weighted by Crippen LogP contribution is 2.49. The summed E-state index contributed by atoms with van der Waals surface area (Å²) in [7, 11) is 0. The first-order chi connectivity index (χ1) is 24.8. The van der Waals surface area contributed by atoms with Crippen molar-refractivity contribution in [2.75, 3.05) is 29.4 Å². The fourth-order valence-corrected chi connectivity index (χ4v) is 8.07. The lowest BCUT2D eigenvalue weighted by molar-refractivity contribution is 0.348. The van der Waals surface area contributed by atoms with Crippen molar-refractivity contribution in [2.45, 2.75) is 30.5 Å². The van der Waals surface area contributed by atoms with E-state index in [1.807, 2.05) is 0 Å². The summed E-state index contributed by atoms with van der Waals surface area (Å²) in [6, 6.07) is 57.6. The molecule has 5 heteroatoms. The first-order valence-corrected chi connectivity index (χ1v) is 17.9. The zero-order chi connectivity index (χ0) is 33.3. The maximum atomic E-state index is 4.78. The Balaban J connectivity index is 0.961. The molecule has 0 radical (unpaired) electrons. The molecule has 5 nitrogen and oxygen atoms in total. The summed E-state index contributed by atoms with van der Waals surface area (Å²) in [5.41, 5.74) is 12.5. The molecule has 2 N–H and O–H groups in total. The monoisotopic (exact) mass is 651 g/mol. The molecule has 0 saturated carbocycles. The second-order valence-corrected chi connectivity index (χ2v) is 13.6. The van der Waals surface area contributed by atoms with Crippen LogP contribution < -0.4 is 20.4 Å². The molecule has 50 heavy (non-hydrogen) atoms. The van der Waals surface area contributed by atoms with E-state index >= 15 is 0 Å². The van der Waals surface area contributed by atoms with Gasteiger partial charge in [0.15, 0.2) is 0 Å². The highest BCUT2D eigenvalue weighted by molar-refractivity contribution is 5.87. The van der Waals surface area contributed by atoms with E-state index in [4.69, 9.17) is 4.99 Å². The standard InChI is InChI=1S/C45H41N5/c1-4-10-35(11-5-1)45-47-29-36(30-48-45)34-18-16-32(17-19-34)33-20-22-39(23-21-33)50-43-25-24-40(28-41(43)42-31-46-27-26-44(42)50)49(37-12-6-2-7-13-37)38-14-8-3-9-15-38/h1-25,28,31,36,42,44-45,47-48H,26-27,29-30H2. The number of rotatable bonds is 7. The lowest BCUT2D eigenvalue weighted by atomic mass is 9.91. The molecule has 1 fully saturated rings. The van der Waals surface area contributed by atoms with Crippen molar-refractivity contribution in [3.05, 3.63) is 174 Å². The van der Waals surface area contributed by atoms with Crippen LogP contribution in [0.1, 0.15) is 41.1 Å². The van der Waals surface area contributed by atoms with Crippen molar-refractivity contribution in [3.63, 3.8) is 0 Å². The summed E-state index contributed by atoms with van der Waals surface area (Å²) >= 11 is 0. The van der Waals surface area contributed by atoms with E-state index in [0.29, 0.717) is 12.0 Å². The molecule has 0 bridgehead atoms. The number of para-hydroxylation sites is 2. The first-order valence-electron chi connectivity index (χ1n) is 17.9. The van der Waals surface area contributed by atoms with Crippen molar-refractivity contribution in [2.24, 2.45) is 4.99 Å². The predicted molar refractivity (Wildman–Crippen MR) is 208 cm³/mol. The molecule has 2 atom stereocenters. The van der Waals surface area contributed by atoms with Crippen molar-refractivity contribution in [1.29, 1.82) is 0 Å². The van der Waals surface area contributed by atoms with E-state index in [0.717, 1.165) is 43.1 Å². The zero-order valence-corrected chi connectivity index (χ0v) is 28.1. The third-order valence-electron chi connectivity index (χ3n) is 10.6. The predicted octanol–water partition coefficient (Wildman–Crippen LogP) is 9.88. The van der Waals surface area contributed by atoms with Crippen LogP contribution in [0.25, 0.3) is 11.1 Å². The number of hydrogen-bond acceptors (Lipinski definition) is 5. The van der Waals surface area contributed by atoms with Gasteiger partial charge in [-0.2, -0.15) is 0 Å². The summed E-state index contributed by atoms with van der Waals surface area (Å²) in [5.74, 6) is 0.702. The van der Waals surface area contributed by atoms with Gasteiger partial charge in [-0.25, -0.2) is 0 Å². The lowest BCUT2D eigenvalue weighted by Crippen LogP contribution is -2.45. The molecule has 0 aromatic heterocycles. The molecule has 1 saturated heterocycles. The highest BCUT2D eigenvalue weighted by Gasteiger charge is 2.40. The summed E-state index contributed by atoms with van der Waals surface area (Å²) in [5, 5.41) is 7.37. The van der Waals surface area contributed by atoms with Crippen LogP contribution >= 0.6 is 0 Å². The van der Waals surface area contributed by atoms with Crippen molar-refractivity contribution in [3.8, 4) is 11.1 Å². The number of hydrogen-bond donors (Lipinski definition) is 2. The molecule has 0 amide bonds. The SMILES string of the molecule is C1=NCCC2C1c1cc(N(c3ccccc3)c3ccccc3)ccc1N2c1ccc(-c2ccc(C3CNC(c4ccccc4)NC3)cc2)cc1. The third-order valence-corrected chi connectivity index (χ3v) is 10.6. The minimum atomic E-state index is 0.212. The molecule has 2 unspecified atom stereocenters. The van der Waals surface area contributed by atoms with Crippen molar-refractivity contribution >= 4 is 34.7 Å². The smallest absolute Gasteiger partial charge is 0.0835 e. The van der Waals surface area contributed by atoms with Crippen LogP contribution in [-0.4, -0.2) is 31.9 Å². The molecule has 246 valence electrons. The van der Waals surface area contributed by atoms with Crippen LogP contribution in [0.15, 0.2) is 163 Å². The van der Waals surface area contributed by atoms with Gasteiger partial charge in [0.2, 0.25) is 0 Å². The quantitative estimate of drug-likeness (QED) is 0.180. The molecule has 0 aliphatic carbocycles. The average molecular weight is 652 g/mol. The first kappa shape index (κ1) is 30.6. The summed E-state index contributed by atoms with van der Waals surface area (Å²) in [6.07, 6.45) is 3.44. The lowest BCUT2D eigenvalue weighted by Gasteiger charge is -2.32. The number of nitrogens with one attached hydrogen (secondary N) is 2. The maximum Gasteiger partial charge on any atom is 0.0835 e. The molecular weight excluding hydrogens is 611 g/mol. The van der Waals surface area contributed by atoms with Gasteiger partial charge in [0, 0.05) is 72.2 Å². The van der Waals surface area contributed by atoms with Gasteiger partial charge in [-0.15, -0.1) is 0 Å². The van der Waals surface area contributed by atoms with E-state index in [1.54, 1.807) is 0 Å². The molecule has 3 aliphatic heterocycles. The maximum absolute atomic E-state index is 4.78. The van der Waals surface area contributed by atoms with Gasteiger partial charge in [-0.3, -0.25) is 15.6 Å². The Morgan fingerprint density at radius 1 is 0.580 bits per heavy atom. The van der Waals surface area contributed by atoms with Gasteiger partial charge in [-0.05, 0) is 88.8 Å². The number of fused-ring (bicyclic) bond motifs is 3. The topological polar surface area (TPSA) is 42.9 Å². The zero-order valence-electron chi connectivity index (χ0n) is 28.1. The summed E-state index contributed by atoms with van der Waals surface area (Å²) in [4.78, 5) is 9.68. The third kappa shape index (κ3) is 5.79. The van der Waals surface area contributed by atoms with E-state index in [2.05, 4.69) is 184 Å². The van der Waals surface area contributed by atoms with Crippen LogP contribution in [0.2, 0.25) is 0 Å². The molecular formula is C45H41N5. The summed E-state index contributed by atoms with van der Waals surface area (Å²) in [6.45, 7) is 2.79. The fraction of sp³-hybridized carbons (Fsp3) is 0.178. The largest absolute Gasteiger partial charge is 0.337 e. The molecule has 9 rings (SSSR count). The Kier molecular flexibility index (Phi) is 8.21. The number of nitrogens with zero attached hydrogens (tertiary/aromatic N) is 3. The fourth-order valence-electron chi connectivity index (χ4n) is 8.07. The summed E-state index contributed by atoms with van der Waals surface area (Å²) < 4.78 is 0. The van der Waals surface area contributed by atoms with E-state index in [1.165, 1.54) is 39.2 Å². The van der Waals surface area contributed by atoms with Crippen LogP contribution in [0.5, 0.6) is 0 Å². The molecule has 6 aromatic rings. The van der Waals surface area contributed by atoms with Crippen LogP contribution in [0.4, 0.5) is 28.4 Å². The Morgan fingerprint density at radius 3 is 1.82 bits per heavy atom. The second kappa shape index (κ2) is 13.4. The molecule has 6 aromatic carbocycles. The highest BCUT2D eigenvalue weighted by atomic mass is 15.2. The van der Waals surface area contributed by atoms with Crippen molar-refractivity contribution < 1.29 is 0 Å². The van der Waals surface area contributed by atoms with Crippen molar-refractivity contribution in [1.82, 2.24) is 10.6 Å². The van der Waals surface area contributed by atoms with E-state index in [9.17, 15) is 0 Å². The Bertz CT molecular complexity index is 2030. The number of anilines is 5. The Labute approximate surface area is 294 Å².